The van der Waals surface area contributed by atoms with Crippen molar-refractivity contribution in [1.82, 2.24) is 5.32 Å². The Morgan fingerprint density at radius 3 is 2.53 bits per heavy atom. The average Bonchev–Trinajstić information content (AvgIpc) is 2.34. The van der Waals surface area contributed by atoms with Gasteiger partial charge in [-0.15, -0.1) is 0 Å². The van der Waals surface area contributed by atoms with Crippen LogP contribution in [0.25, 0.3) is 0 Å². The third-order valence-electron chi connectivity index (χ3n) is 2.86. The Labute approximate surface area is 105 Å². The van der Waals surface area contributed by atoms with Gasteiger partial charge in [0.2, 0.25) is 0 Å². The number of hydrogen-bond acceptors (Lipinski definition) is 2. The predicted octanol–water partition coefficient (Wildman–Crippen LogP) is 3.48. The van der Waals surface area contributed by atoms with Crippen LogP contribution in [0.4, 0.5) is 0 Å². The van der Waals surface area contributed by atoms with Gasteiger partial charge in [-0.1, -0.05) is 39.0 Å². The Kier molecular flexibility index (Phi) is 6.06. The Balaban J connectivity index is 2.15. The zero-order chi connectivity index (χ0) is 12.6. The summed E-state index contributed by atoms with van der Waals surface area (Å²) >= 11 is 0. The van der Waals surface area contributed by atoms with E-state index in [1.165, 1.54) is 6.42 Å². The Bertz CT molecular complexity index is 295. The quantitative estimate of drug-likeness (QED) is 0.696. The van der Waals surface area contributed by atoms with Crippen LogP contribution < -0.4 is 10.1 Å². The molecule has 2 heteroatoms. The third kappa shape index (κ3) is 6.32. The van der Waals surface area contributed by atoms with Crippen LogP contribution in [-0.2, 0) is 0 Å². The Morgan fingerprint density at radius 2 is 1.88 bits per heavy atom. The standard InChI is InChI=1S/C15H25NO/c1-4-16-13-15(2,3)11-8-12-17-14-9-6-5-7-10-14/h5-7,9-10,16H,4,8,11-13H2,1-3H3. The van der Waals surface area contributed by atoms with E-state index < -0.39 is 0 Å². The number of para-hydroxylation sites is 1. The maximum Gasteiger partial charge on any atom is 0.119 e. The van der Waals surface area contributed by atoms with Gasteiger partial charge >= 0.3 is 0 Å². The number of benzene rings is 1. The number of nitrogens with one attached hydrogen (secondary N) is 1. The van der Waals surface area contributed by atoms with Gasteiger partial charge in [0.05, 0.1) is 6.61 Å². The summed E-state index contributed by atoms with van der Waals surface area (Å²) in [6.07, 6.45) is 2.29. The van der Waals surface area contributed by atoms with Crippen LogP contribution in [0, 0.1) is 5.41 Å². The molecule has 0 aliphatic carbocycles. The highest BCUT2D eigenvalue weighted by atomic mass is 16.5. The van der Waals surface area contributed by atoms with E-state index in [0.29, 0.717) is 5.41 Å². The molecule has 0 aromatic heterocycles. The van der Waals surface area contributed by atoms with Crippen LogP contribution in [0.2, 0.25) is 0 Å². The highest BCUT2D eigenvalue weighted by Crippen LogP contribution is 2.21. The van der Waals surface area contributed by atoms with Crippen molar-refractivity contribution in [1.29, 1.82) is 0 Å². The molecular formula is C15H25NO. The summed E-state index contributed by atoms with van der Waals surface area (Å²) in [4.78, 5) is 0. The minimum Gasteiger partial charge on any atom is -0.494 e. The van der Waals surface area contributed by atoms with Crippen molar-refractivity contribution in [2.75, 3.05) is 19.7 Å². The molecule has 0 heterocycles. The monoisotopic (exact) mass is 235 g/mol. The van der Waals surface area contributed by atoms with Gasteiger partial charge in [-0.3, -0.25) is 0 Å². The smallest absolute Gasteiger partial charge is 0.119 e. The van der Waals surface area contributed by atoms with Crippen molar-refractivity contribution in [3.05, 3.63) is 30.3 Å². The van der Waals surface area contributed by atoms with Crippen LogP contribution in [0.3, 0.4) is 0 Å². The number of ether oxygens (including phenoxy) is 1. The van der Waals surface area contributed by atoms with E-state index >= 15 is 0 Å². The van der Waals surface area contributed by atoms with Gasteiger partial charge in [0.15, 0.2) is 0 Å². The summed E-state index contributed by atoms with van der Waals surface area (Å²) in [7, 11) is 0. The molecule has 0 aliphatic heterocycles. The summed E-state index contributed by atoms with van der Waals surface area (Å²) in [6.45, 7) is 9.68. The molecular weight excluding hydrogens is 210 g/mol. The number of rotatable bonds is 8. The molecule has 1 N–H and O–H groups in total. The lowest BCUT2D eigenvalue weighted by Gasteiger charge is -2.24. The van der Waals surface area contributed by atoms with E-state index in [-0.39, 0.29) is 0 Å². The molecule has 0 bridgehead atoms. The Morgan fingerprint density at radius 1 is 1.18 bits per heavy atom. The summed E-state index contributed by atoms with van der Waals surface area (Å²) in [5.41, 5.74) is 0.357. The summed E-state index contributed by atoms with van der Waals surface area (Å²) in [5, 5.41) is 3.41. The molecule has 0 aliphatic rings. The predicted molar refractivity (Wildman–Crippen MR) is 73.5 cm³/mol. The van der Waals surface area contributed by atoms with Gasteiger partial charge < -0.3 is 10.1 Å². The lowest BCUT2D eigenvalue weighted by molar-refractivity contribution is 0.251. The maximum absolute atomic E-state index is 5.69. The van der Waals surface area contributed by atoms with Crippen LogP contribution in [0.1, 0.15) is 33.6 Å². The number of hydrogen-bond donors (Lipinski definition) is 1. The molecule has 0 saturated heterocycles. The van der Waals surface area contributed by atoms with Gasteiger partial charge in [-0.05, 0) is 36.9 Å². The summed E-state index contributed by atoms with van der Waals surface area (Å²) in [6, 6.07) is 10.0. The molecule has 1 aromatic rings. The molecule has 1 aromatic carbocycles. The van der Waals surface area contributed by atoms with Crippen LogP contribution >= 0.6 is 0 Å². The van der Waals surface area contributed by atoms with E-state index in [9.17, 15) is 0 Å². The van der Waals surface area contributed by atoms with Crippen molar-refractivity contribution < 1.29 is 4.74 Å². The normalized spacial score (nSPS) is 11.5. The zero-order valence-corrected chi connectivity index (χ0v) is 11.3. The SMILES string of the molecule is CCNCC(C)(C)CCCOc1ccccc1. The first-order valence-electron chi connectivity index (χ1n) is 6.52. The molecule has 17 heavy (non-hydrogen) atoms. The van der Waals surface area contributed by atoms with Crippen LogP contribution in [0.5, 0.6) is 5.75 Å². The average molecular weight is 235 g/mol. The van der Waals surface area contributed by atoms with Gasteiger partial charge in [0.25, 0.3) is 0 Å². The van der Waals surface area contributed by atoms with Gasteiger partial charge in [0.1, 0.15) is 5.75 Å². The highest BCUT2D eigenvalue weighted by molar-refractivity contribution is 5.20. The molecule has 0 saturated carbocycles. The van der Waals surface area contributed by atoms with E-state index in [2.05, 4.69) is 26.1 Å². The van der Waals surface area contributed by atoms with Crippen LogP contribution in [0.15, 0.2) is 30.3 Å². The molecule has 0 fully saturated rings. The fourth-order valence-electron chi connectivity index (χ4n) is 1.81. The van der Waals surface area contributed by atoms with Gasteiger partial charge in [-0.25, -0.2) is 0 Å². The first-order chi connectivity index (χ1) is 8.14. The van der Waals surface area contributed by atoms with Crippen molar-refractivity contribution in [2.45, 2.75) is 33.6 Å². The second kappa shape index (κ2) is 7.33. The largest absolute Gasteiger partial charge is 0.494 e. The molecule has 0 atom stereocenters. The molecule has 2 nitrogen and oxygen atoms in total. The fraction of sp³-hybridized carbons (Fsp3) is 0.600. The first-order valence-corrected chi connectivity index (χ1v) is 6.52. The highest BCUT2D eigenvalue weighted by Gasteiger charge is 2.16. The molecule has 0 unspecified atom stereocenters. The second-order valence-electron chi connectivity index (χ2n) is 5.21. The minimum absolute atomic E-state index is 0.357. The zero-order valence-electron chi connectivity index (χ0n) is 11.3. The third-order valence-corrected chi connectivity index (χ3v) is 2.86. The Hall–Kier alpha value is -1.02. The molecule has 0 radical (unpaired) electrons. The van der Waals surface area contributed by atoms with Gasteiger partial charge in [0, 0.05) is 6.54 Å². The summed E-state index contributed by atoms with van der Waals surface area (Å²) < 4.78 is 5.69. The summed E-state index contributed by atoms with van der Waals surface area (Å²) in [5.74, 6) is 0.969. The van der Waals surface area contributed by atoms with Gasteiger partial charge in [-0.2, -0.15) is 0 Å². The molecule has 1 rings (SSSR count). The van der Waals surface area contributed by atoms with Crippen molar-refractivity contribution >= 4 is 0 Å². The molecule has 0 spiro atoms. The van der Waals surface area contributed by atoms with Crippen molar-refractivity contribution in [3.63, 3.8) is 0 Å². The van der Waals surface area contributed by atoms with E-state index in [4.69, 9.17) is 4.74 Å². The first kappa shape index (κ1) is 14.0. The van der Waals surface area contributed by atoms with E-state index in [1.807, 2.05) is 30.3 Å². The van der Waals surface area contributed by atoms with E-state index in [0.717, 1.165) is 31.9 Å². The lowest BCUT2D eigenvalue weighted by Crippen LogP contribution is -2.29. The van der Waals surface area contributed by atoms with E-state index in [1.54, 1.807) is 0 Å². The van der Waals surface area contributed by atoms with Crippen molar-refractivity contribution in [3.8, 4) is 5.75 Å². The van der Waals surface area contributed by atoms with Crippen molar-refractivity contribution in [2.24, 2.45) is 5.41 Å². The molecule has 96 valence electrons. The topological polar surface area (TPSA) is 21.3 Å². The minimum atomic E-state index is 0.357. The lowest BCUT2D eigenvalue weighted by atomic mass is 9.88. The maximum atomic E-state index is 5.69. The second-order valence-corrected chi connectivity index (χ2v) is 5.21. The molecule has 0 amide bonds. The van der Waals surface area contributed by atoms with Crippen LogP contribution in [-0.4, -0.2) is 19.7 Å². The fourth-order valence-corrected chi connectivity index (χ4v) is 1.81.